The Labute approximate surface area is 150 Å². The second-order valence-corrected chi connectivity index (χ2v) is 6.60. The molecule has 0 saturated carbocycles. The first kappa shape index (κ1) is 16.5. The molecule has 0 atom stereocenters. The number of furan rings is 1. The van der Waals surface area contributed by atoms with Gasteiger partial charge in [0.2, 0.25) is 0 Å². The Morgan fingerprint density at radius 2 is 2.08 bits per heavy atom. The zero-order valence-electron chi connectivity index (χ0n) is 14.3. The van der Waals surface area contributed by atoms with Crippen molar-refractivity contribution >= 4 is 5.97 Å². The van der Waals surface area contributed by atoms with Crippen molar-refractivity contribution in [3.8, 4) is 11.5 Å². The van der Waals surface area contributed by atoms with Crippen LogP contribution in [0.3, 0.4) is 0 Å². The lowest BCUT2D eigenvalue weighted by atomic mass is 9.87. The Bertz CT molecular complexity index is 865. The van der Waals surface area contributed by atoms with E-state index in [0.717, 1.165) is 12.1 Å². The molecule has 0 aliphatic carbocycles. The number of carbonyl (C=O) groups is 1. The second kappa shape index (κ2) is 6.76. The molecule has 0 spiro atoms. The van der Waals surface area contributed by atoms with Crippen LogP contribution in [-0.4, -0.2) is 43.8 Å². The predicted molar refractivity (Wildman–Crippen MR) is 94.3 cm³/mol. The van der Waals surface area contributed by atoms with Gasteiger partial charge in [0.15, 0.2) is 11.3 Å². The first-order chi connectivity index (χ1) is 12.7. The van der Waals surface area contributed by atoms with Crippen LogP contribution in [0.25, 0.3) is 11.5 Å². The number of hydrogen-bond donors (Lipinski definition) is 1. The van der Waals surface area contributed by atoms with Gasteiger partial charge in [0.05, 0.1) is 6.26 Å². The number of rotatable bonds is 5. The maximum atomic E-state index is 12.1. The lowest BCUT2D eigenvalue weighted by Gasteiger charge is -2.38. The standard InChI is InChI=1S/C19H20N4O3/c24-18(25)19(23-9-5-16(21-23)17-4-2-12-26-17)6-10-22(11-7-19)14-15-3-1-8-20-13-15/h1-5,8-9,12-13H,6-7,10-11,14H2,(H,24,25). The van der Waals surface area contributed by atoms with Gasteiger partial charge in [-0.2, -0.15) is 5.10 Å². The van der Waals surface area contributed by atoms with Crippen molar-refractivity contribution in [2.45, 2.75) is 24.9 Å². The Balaban J connectivity index is 1.51. The molecule has 0 radical (unpaired) electrons. The van der Waals surface area contributed by atoms with Crippen LogP contribution in [-0.2, 0) is 16.9 Å². The molecule has 1 aliphatic rings. The molecule has 1 N–H and O–H groups in total. The Morgan fingerprint density at radius 3 is 2.73 bits per heavy atom. The Kier molecular flexibility index (Phi) is 4.30. The van der Waals surface area contributed by atoms with Crippen molar-refractivity contribution in [1.29, 1.82) is 0 Å². The van der Waals surface area contributed by atoms with Crippen molar-refractivity contribution < 1.29 is 14.3 Å². The third kappa shape index (κ3) is 3.01. The van der Waals surface area contributed by atoms with E-state index in [2.05, 4.69) is 15.0 Å². The minimum atomic E-state index is -1.02. The first-order valence-electron chi connectivity index (χ1n) is 8.62. The average Bonchev–Trinajstić information content (AvgIpc) is 3.35. The van der Waals surface area contributed by atoms with Gasteiger partial charge < -0.3 is 9.52 Å². The number of likely N-dealkylation sites (tertiary alicyclic amines) is 1. The van der Waals surface area contributed by atoms with Crippen molar-refractivity contribution in [2.24, 2.45) is 0 Å². The number of hydrogen-bond acceptors (Lipinski definition) is 5. The summed E-state index contributed by atoms with van der Waals surface area (Å²) in [6, 6.07) is 9.36. The number of carboxylic acids is 1. The van der Waals surface area contributed by atoms with Crippen LogP contribution >= 0.6 is 0 Å². The molecule has 3 aromatic rings. The Morgan fingerprint density at radius 1 is 1.23 bits per heavy atom. The van der Waals surface area contributed by atoms with Gasteiger partial charge in [-0.3, -0.25) is 14.6 Å². The van der Waals surface area contributed by atoms with E-state index in [0.29, 0.717) is 37.4 Å². The van der Waals surface area contributed by atoms with E-state index in [1.165, 1.54) is 0 Å². The van der Waals surface area contributed by atoms with E-state index in [-0.39, 0.29) is 0 Å². The molecular weight excluding hydrogens is 332 g/mol. The van der Waals surface area contributed by atoms with Gasteiger partial charge in [-0.15, -0.1) is 0 Å². The predicted octanol–water partition coefficient (Wildman–Crippen LogP) is 2.61. The zero-order valence-corrected chi connectivity index (χ0v) is 14.3. The topological polar surface area (TPSA) is 84.4 Å². The SMILES string of the molecule is O=C(O)C1(n2ccc(-c3ccco3)n2)CCN(Cc2cccnc2)CC1. The smallest absolute Gasteiger partial charge is 0.331 e. The summed E-state index contributed by atoms with van der Waals surface area (Å²) in [4.78, 5) is 18.5. The molecule has 7 nitrogen and oxygen atoms in total. The van der Waals surface area contributed by atoms with E-state index in [4.69, 9.17) is 4.42 Å². The molecule has 26 heavy (non-hydrogen) atoms. The van der Waals surface area contributed by atoms with E-state index >= 15 is 0 Å². The average molecular weight is 352 g/mol. The number of pyridine rings is 1. The van der Waals surface area contributed by atoms with E-state index in [9.17, 15) is 9.90 Å². The Hall–Kier alpha value is -2.93. The molecule has 0 aromatic carbocycles. The highest BCUT2D eigenvalue weighted by Crippen LogP contribution is 2.32. The molecule has 7 heteroatoms. The molecule has 1 aliphatic heterocycles. The van der Waals surface area contributed by atoms with Crippen LogP contribution in [0.4, 0.5) is 0 Å². The number of aliphatic carboxylic acids is 1. The van der Waals surface area contributed by atoms with Gasteiger partial charge in [0.1, 0.15) is 5.69 Å². The van der Waals surface area contributed by atoms with Gasteiger partial charge in [-0.1, -0.05) is 6.07 Å². The summed E-state index contributed by atoms with van der Waals surface area (Å²) in [7, 11) is 0. The monoisotopic (exact) mass is 352 g/mol. The lowest BCUT2D eigenvalue weighted by Crippen LogP contribution is -2.51. The minimum Gasteiger partial charge on any atom is -0.479 e. The summed E-state index contributed by atoms with van der Waals surface area (Å²) in [5.41, 5.74) is 0.763. The van der Waals surface area contributed by atoms with Crippen molar-refractivity contribution in [2.75, 3.05) is 13.1 Å². The molecule has 4 rings (SSSR count). The normalized spacial score (nSPS) is 17.2. The lowest BCUT2D eigenvalue weighted by molar-refractivity contribution is -0.151. The van der Waals surface area contributed by atoms with Crippen molar-refractivity contribution in [1.82, 2.24) is 19.7 Å². The highest BCUT2D eigenvalue weighted by atomic mass is 16.4. The van der Waals surface area contributed by atoms with Gasteiger partial charge in [-0.25, -0.2) is 4.79 Å². The summed E-state index contributed by atoms with van der Waals surface area (Å²) in [6.07, 6.45) is 7.93. The van der Waals surface area contributed by atoms with Crippen LogP contribution < -0.4 is 0 Å². The summed E-state index contributed by atoms with van der Waals surface area (Å²) < 4.78 is 6.95. The highest BCUT2D eigenvalue weighted by molar-refractivity contribution is 5.77. The molecule has 4 heterocycles. The van der Waals surface area contributed by atoms with E-state index in [1.807, 2.05) is 24.4 Å². The molecule has 0 unspecified atom stereocenters. The quantitative estimate of drug-likeness (QED) is 0.760. The molecule has 3 aromatic heterocycles. The molecule has 1 saturated heterocycles. The van der Waals surface area contributed by atoms with Crippen LogP contribution in [0.15, 0.2) is 59.6 Å². The van der Waals surface area contributed by atoms with Crippen LogP contribution in [0, 0.1) is 0 Å². The number of nitrogens with zero attached hydrogens (tertiary/aromatic N) is 4. The van der Waals surface area contributed by atoms with E-state index < -0.39 is 11.5 Å². The first-order valence-corrected chi connectivity index (χ1v) is 8.62. The molecule has 134 valence electrons. The fourth-order valence-electron chi connectivity index (χ4n) is 3.49. The molecule has 0 bridgehead atoms. The largest absolute Gasteiger partial charge is 0.479 e. The zero-order chi connectivity index (χ0) is 18.0. The third-order valence-corrected chi connectivity index (χ3v) is 5.01. The number of aromatic nitrogens is 3. The van der Waals surface area contributed by atoms with Crippen LogP contribution in [0.5, 0.6) is 0 Å². The van der Waals surface area contributed by atoms with Gasteiger partial charge in [0.25, 0.3) is 0 Å². The summed E-state index contributed by atoms with van der Waals surface area (Å²) >= 11 is 0. The van der Waals surface area contributed by atoms with Crippen molar-refractivity contribution in [3.63, 3.8) is 0 Å². The summed E-state index contributed by atoms with van der Waals surface area (Å²) in [5.74, 6) is -0.203. The fourth-order valence-corrected chi connectivity index (χ4v) is 3.49. The summed E-state index contributed by atoms with van der Waals surface area (Å²) in [5, 5.41) is 14.4. The van der Waals surface area contributed by atoms with Gasteiger partial charge >= 0.3 is 5.97 Å². The van der Waals surface area contributed by atoms with Crippen molar-refractivity contribution in [3.05, 3.63) is 60.7 Å². The molecule has 0 amide bonds. The third-order valence-electron chi connectivity index (χ3n) is 5.01. The maximum Gasteiger partial charge on any atom is 0.331 e. The number of carboxylic acid groups (broad SMARTS) is 1. The molecule has 1 fully saturated rings. The van der Waals surface area contributed by atoms with Crippen LogP contribution in [0.2, 0.25) is 0 Å². The fraction of sp³-hybridized carbons (Fsp3) is 0.316. The number of piperidine rings is 1. The second-order valence-electron chi connectivity index (χ2n) is 6.60. The summed E-state index contributed by atoms with van der Waals surface area (Å²) in [6.45, 7) is 2.16. The maximum absolute atomic E-state index is 12.1. The minimum absolute atomic E-state index is 0.502. The van der Waals surface area contributed by atoms with E-state index in [1.54, 1.807) is 35.5 Å². The van der Waals surface area contributed by atoms with Crippen LogP contribution in [0.1, 0.15) is 18.4 Å². The highest BCUT2D eigenvalue weighted by Gasteiger charge is 2.44. The van der Waals surface area contributed by atoms with Gasteiger partial charge in [-0.05, 0) is 42.7 Å². The molecular formula is C19H20N4O3. The van der Waals surface area contributed by atoms with Gasteiger partial charge in [0, 0.05) is 38.2 Å².